The van der Waals surface area contributed by atoms with Crippen molar-refractivity contribution >= 4 is 22.9 Å². The van der Waals surface area contributed by atoms with Crippen LogP contribution in [-0.2, 0) is 5.92 Å². The van der Waals surface area contributed by atoms with Crippen molar-refractivity contribution in [1.82, 2.24) is 10.2 Å². The minimum atomic E-state index is -3.53. The Morgan fingerprint density at radius 1 is 1.29 bits per heavy atom. The van der Waals surface area contributed by atoms with E-state index in [1.165, 1.54) is 12.1 Å². The van der Waals surface area contributed by atoms with Gasteiger partial charge in [0.2, 0.25) is 0 Å². The lowest BCUT2D eigenvalue weighted by molar-refractivity contribution is 0.0379. The van der Waals surface area contributed by atoms with Gasteiger partial charge in [0.1, 0.15) is 5.01 Å². The van der Waals surface area contributed by atoms with Crippen molar-refractivity contribution in [2.75, 3.05) is 0 Å². The average Bonchev–Trinajstić information content (AvgIpc) is 2.69. The monoisotopic (exact) mass is 278 g/mol. The van der Waals surface area contributed by atoms with E-state index in [9.17, 15) is 13.2 Å². The Labute approximate surface area is 104 Å². The molecule has 1 aromatic carbocycles. The van der Waals surface area contributed by atoms with Crippen LogP contribution in [0.2, 0.25) is 5.02 Å². The van der Waals surface area contributed by atoms with Crippen molar-refractivity contribution in [1.29, 1.82) is 0 Å². The summed E-state index contributed by atoms with van der Waals surface area (Å²) in [5, 5.41) is 6.34. The molecule has 0 amide bonds. The Morgan fingerprint density at radius 3 is 2.59 bits per heavy atom. The lowest BCUT2D eigenvalue weighted by Gasteiger charge is -2.14. The van der Waals surface area contributed by atoms with Crippen molar-refractivity contribution < 1.29 is 13.2 Å². The maximum atomic E-state index is 14.0. The molecule has 2 aromatic rings. The molecule has 0 aliphatic carbocycles. The molecule has 2 nitrogen and oxygen atoms in total. The van der Waals surface area contributed by atoms with E-state index in [0.717, 1.165) is 17.4 Å². The highest BCUT2D eigenvalue weighted by Crippen LogP contribution is 2.39. The molecule has 0 saturated carbocycles. The molecular formula is C10H6ClF3N2S. The summed E-state index contributed by atoms with van der Waals surface area (Å²) in [5.74, 6) is -4.66. The second-order valence-electron chi connectivity index (χ2n) is 3.30. The van der Waals surface area contributed by atoms with Crippen LogP contribution in [0.25, 0.3) is 0 Å². The lowest BCUT2D eigenvalue weighted by Crippen LogP contribution is -2.17. The van der Waals surface area contributed by atoms with Crippen molar-refractivity contribution in [3.63, 3.8) is 0 Å². The van der Waals surface area contributed by atoms with Crippen molar-refractivity contribution in [3.05, 3.63) is 44.6 Å². The molecule has 90 valence electrons. The van der Waals surface area contributed by atoms with Crippen LogP contribution in [0.15, 0.2) is 18.2 Å². The van der Waals surface area contributed by atoms with E-state index in [0.29, 0.717) is 5.01 Å². The second kappa shape index (κ2) is 4.27. The molecule has 2 rings (SSSR count). The molecule has 0 bridgehead atoms. The van der Waals surface area contributed by atoms with E-state index in [2.05, 4.69) is 10.2 Å². The fourth-order valence-electron chi connectivity index (χ4n) is 1.28. The van der Waals surface area contributed by atoms with Gasteiger partial charge in [-0.25, -0.2) is 4.39 Å². The third-order valence-corrected chi connectivity index (χ3v) is 3.28. The largest absolute Gasteiger partial charge is 0.328 e. The fourth-order valence-corrected chi connectivity index (χ4v) is 2.14. The summed E-state index contributed by atoms with van der Waals surface area (Å²) in [4.78, 5) is 0. The van der Waals surface area contributed by atoms with Gasteiger partial charge in [0.25, 0.3) is 0 Å². The van der Waals surface area contributed by atoms with Crippen LogP contribution in [0.4, 0.5) is 13.2 Å². The molecule has 0 N–H and O–H groups in total. The lowest BCUT2D eigenvalue weighted by atomic mass is 10.1. The number of benzene rings is 1. The van der Waals surface area contributed by atoms with E-state index >= 15 is 0 Å². The first-order valence-corrected chi connectivity index (χ1v) is 5.75. The molecule has 0 radical (unpaired) electrons. The van der Waals surface area contributed by atoms with Crippen LogP contribution in [-0.4, -0.2) is 10.2 Å². The molecule has 0 spiro atoms. The Balaban J connectivity index is 2.55. The number of hydrogen-bond donors (Lipinski definition) is 0. The minimum absolute atomic E-state index is 0.344. The quantitative estimate of drug-likeness (QED) is 0.835. The number of hydrogen-bond acceptors (Lipinski definition) is 3. The van der Waals surface area contributed by atoms with Gasteiger partial charge in [0, 0.05) is 0 Å². The maximum absolute atomic E-state index is 14.0. The Morgan fingerprint density at radius 2 is 2.00 bits per heavy atom. The van der Waals surface area contributed by atoms with E-state index in [1.807, 2.05) is 0 Å². The Bertz CT molecular complexity index is 556. The van der Waals surface area contributed by atoms with Gasteiger partial charge in [-0.15, -0.1) is 10.2 Å². The van der Waals surface area contributed by atoms with Crippen LogP contribution >= 0.6 is 22.9 Å². The Kier molecular flexibility index (Phi) is 3.09. The second-order valence-corrected chi connectivity index (χ2v) is 4.89. The normalized spacial score (nSPS) is 11.8. The molecule has 1 aromatic heterocycles. The first-order valence-electron chi connectivity index (χ1n) is 4.56. The van der Waals surface area contributed by atoms with Gasteiger partial charge in [-0.3, -0.25) is 0 Å². The van der Waals surface area contributed by atoms with Gasteiger partial charge >= 0.3 is 5.92 Å². The summed E-state index contributed by atoms with van der Waals surface area (Å²) in [6.07, 6.45) is 0. The van der Waals surface area contributed by atoms with Crippen molar-refractivity contribution in [3.8, 4) is 0 Å². The molecule has 17 heavy (non-hydrogen) atoms. The summed E-state index contributed by atoms with van der Waals surface area (Å²) in [6.45, 7) is 1.55. The predicted molar refractivity (Wildman–Crippen MR) is 59.1 cm³/mol. The number of aryl methyl sites for hydroxylation is 1. The van der Waals surface area contributed by atoms with Gasteiger partial charge in [-0.05, 0) is 19.1 Å². The van der Waals surface area contributed by atoms with E-state index in [-0.39, 0.29) is 5.02 Å². The number of alkyl halides is 2. The van der Waals surface area contributed by atoms with E-state index < -0.39 is 22.3 Å². The summed E-state index contributed by atoms with van der Waals surface area (Å²) in [7, 11) is 0. The van der Waals surface area contributed by atoms with Gasteiger partial charge in [0.15, 0.2) is 10.8 Å². The summed E-state index contributed by atoms with van der Waals surface area (Å²) in [6, 6.07) is 3.46. The van der Waals surface area contributed by atoms with E-state index in [1.54, 1.807) is 6.92 Å². The van der Waals surface area contributed by atoms with Gasteiger partial charge in [-0.1, -0.05) is 29.0 Å². The molecule has 0 aliphatic rings. The minimum Gasteiger partial charge on any atom is -0.205 e. The number of rotatable bonds is 2. The standard InChI is InChI=1S/C10H6ClF3N2S/c1-5-15-16-9(17-5)10(13,14)6-3-2-4-7(11)8(6)12/h2-4H,1H3. The smallest absolute Gasteiger partial charge is 0.205 e. The third kappa shape index (κ3) is 2.14. The van der Waals surface area contributed by atoms with Gasteiger partial charge < -0.3 is 0 Å². The predicted octanol–water partition coefficient (Wildman–Crippen LogP) is 3.78. The first-order chi connectivity index (χ1) is 7.93. The number of halogens is 4. The van der Waals surface area contributed by atoms with Gasteiger partial charge in [0.05, 0.1) is 10.6 Å². The van der Waals surface area contributed by atoms with Crippen LogP contribution in [0, 0.1) is 12.7 Å². The van der Waals surface area contributed by atoms with Crippen LogP contribution in [0.3, 0.4) is 0 Å². The molecular weight excluding hydrogens is 273 g/mol. The molecule has 0 unspecified atom stereocenters. The van der Waals surface area contributed by atoms with Crippen molar-refractivity contribution in [2.45, 2.75) is 12.8 Å². The van der Waals surface area contributed by atoms with Crippen LogP contribution < -0.4 is 0 Å². The summed E-state index contributed by atoms with van der Waals surface area (Å²) in [5.41, 5.74) is -0.791. The highest BCUT2D eigenvalue weighted by atomic mass is 35.5. The highest BCUT2D eigenvalue weighted by molar-refractivity contribution is 7.11. The molecule has 1 heterocycles. The SMILES string of the molecule is Cc1nnc(C(F)(F)c2cccc(Cl)c2F)s1. The zero-order chi connectivity index (χ0) is 12.6. The molecule has 0 fully saturated rings. The highest BCUT2D eigenvalue weighted by Gasteiger charge is 2.41. The Hall–Kier alpha value is -1.14. The fraction of sp³-hybridized carbons (Fsp3) is 0.200. The van der Waals surface area contributed by atoms with Crippen LogP contribution in [0.1, 0.15) is 15.6 Å². The zero-order valence-electron chi connectivity index (χ0n) is 8.55. The van der Waals surface area contributed by atoms with Gasteiger partial charge in [-0.2, -0.15) is 8.78 Å². The molecule has 0 atom stereocenters. The summed E-state index contributed by atoms with van der Waals surface area (Å²) >= 11 is 6.19. The van der Waals surface area contributed by atoms with Crippen LogP contribution in [0.5, 0.6) is 0 Å². The zero-order valence-corrected chi connectivity index (χ0v) is 10.1. The first kappa shape index (κ1) is 12.3. The number of nitrogens with zero attached hydrogens (tertiary/aromatic N) is 2. The molecule has 0 saturated heterocycles. The third-order valence-electron chi connectivity index (χ3n) is 2.08. The van der Waals surface area contributed by atoms with E-state index in [4.69, 9.17) is 11.6 Å². The molecule has 7 heteroatoms. The molecule has 0 aliphatic heterocycles. The van der Waals surface area contributed by atoms with Crippen molar-refractivity contribution in [2.24, 2.45) is 0 Å². The topological polar surface area (TPSA) is 25.8 Å². The summed E-state index contributed by atoms with van der Waals surface area (Å²) < 4.78 is 41.4. The number of aromatic nitrogens is 2. The average molecular weight is 279 g/mol. The maximum Gasteiger partial charge on any atom is 0.328 e.